The number of H-pyrrole nitrogens is 1. The molecule has 0 spiro atoms. The van der Waals surface area contributed by atoms with E-state index in [-0.39, 0.29) is 11.5 Å². The molecule has 0 radical (unpaired) electrons. The van der Waals surface area contributed by atoms with Crippen molar-refractivity contribution in [1.29, 1.82) is 0 Å². The van der Waals surface area contributed by atoms with Gasteiger partial charge in [-0.05, 0) is 18.4 Å². The molecule has 1 aromatic carbocycles. The highest BCUT2D eigenvalue weighted by Crippen LogP contribution is 2.21. The summed E-state index contributed by atoms with van der Waals surface area (Å²) in [5.74, 6) is 0.560. The first-order valence-corrected chi connectivity index (χ1v) is 9.01. The number of aromatic nitrogens is 2. The molecule has 3 heterocycles. The Labute approximate surface area is 149 Å². The van der Waals surface area contributed by atoms with Crippen LogP contribution in [0.3, 0.4) is 0 Å². The van der Waals surface area contributed by atoms with Crippen molar-refractivity contribution >= 4 is 17.2 Å². The number of rotatable bonds is 2. The van der Waals surface area contributed by atoms with Gasteiger partial charge in [0, 0.05) is 18.5 Å². The smallest absolute Gasteiger partial charge is 0.264 e. The number of hydrogen-bond donors (Lipinski definition) is 1. The fourth-order valence-electron chi connectivity index (χ4n) is 3.00. The predicted octanol–water partition coefficient (Wildman–Crippen LogP) is 3.01. The first kappa shape index (κ1) is 15.8. The largest absolute Gasteiger partial charge is 0.333 e. The molecule has 3 aromatic rings. The van der Waals surface area contributed by atoms with E-state index in [0.717, 1.165) is 16.8 Å². The van der Waals surface area contributed by atoms with E-state index in [9.17, 15) is 9.59 Å². The monoisotopic (exact) mass is 351 g/mol. The molecule has 0 saturated heterocycles. The summed E-state index contributed by atoms with van der Waals surface area (Å²) in [7, 11) is 0. The molecular weight excluding hydrogens is 334 g/mol. The second kappa shape index (κ2) is 6.29. The average molecular weight is 351 g/mol. The van der Waals surface area contributed by atoms with E-state index in [1.807, 2.05) is 48.7 Å². The van der Waals surface area contributed by atoms with Crippen molar-refractivity contribution in [2.75, 3.05) is 6.54 Å². The molecule has 0 atom stereocenters. The van der Waals surface area contributed by atoms with Gasteiger partial charge < -0.3 is 9.88 Å². The number of amides is 1. The second-order valence-electron chi connectivity index (χ2n) is 6.16. The molecule has 1 amide bonds. The van der Waals surface area contributed by atoms with Gasteiger partial charge in [-0.3, -0.25) is 9.59 Å². The van der Waals surface area contributed by atoms with Crippen molar-refractivity contribution in [3.63, 3.8) is 0 Å². The number of fused-ring (bicyclic) bond motifs is 1. The molecule has 6 heteroatoms. The van der Waals surface area contributed by atoms with Gasteiger partial charge in [-0.1, -0.05) is 35.9 Å². The number of aromatic amines is 1. The lowest BCUT2D eigenvalue weighted by molar-refractivity contribution is 0.0737. The summed E-state index contributed by atoms with van der Waals surface area (Å²) in [5, 5.41) is 1.88. The summed E-state index contributed by atoms with van der Waals surface area (Å²) >= 11 is 1.42. The predicted molar refractivity (Wildman–Crippen MR) is 97.8 cm³/mol. The van der Waals surface area contributed by atoms with Crippen LogP contribution in [0.1, 0.15) is 26.5 Å². The highest BCUT2D eigenvalue weighted by atomic mass is 32.1. The summed E-state index contributed by atoms with van der Waals surface area (Å²) in [6.45, 7) is 2.90. The van der Waals surface area contributed by atoms with E-state index in [1.54, 1.807) is 4.90 Å². The van der Waals surface area contributed by atoms with Gasteiger partial charge in [0.1, 0.15) is 5.82 Å². The van der Waals surface area contributed by atoms with E-state index in [2.05, 4.69) is 9.97 Å². The molecule has 2 aromatic heterocycles. The number of carbonyl (C=O) groups is 1. The second-order valence-corrected chi connectivity index (χ2v) is 7.11. The van der Waals surface area contributed by atoms with E-state index in [1.165, 1.54) is 11.3 Å². The van der Waals surface area contributed by atoms with E-state index in [4.69, 9.17) is 0 Å². The zero-order chi connectivity index (χ0) is 17.4. The topological polar surface area (TPSA) is 66.1 Å². The Bertz CT molecular complexity index is 975. The molecule has 5 nitrogen and oxygen atoms in total. The Balaban J connectivity index is 1.65. The highest BCUT2D eigenvalue weighted by molar-refractivity contribution is 7.12. The summed E-state index contributed by atoms with van der Waals surface area (Å²) in [5.41, 5.74) is 3.26. The minimum absolute atomic E-state index is 0.0253. The normalized spacial score (nSPS) is 13.6. The molecule has 0 fully saturated rings. The van der Waals surface area contributed by atoms with Crippen LogP contribution in [0.5, 0.6) is 0 Å². The zero-order valence-corrected chi connectivity index (χ0v) is 14.6. The summed E-state index contributed by atoms with van der Waals surface area (Å²) in [6.07, 6.45) is 0.592. The lowest BCUT2D eigenvalue weighted by Gasteiger charge is -2.27. The Morgan fingerprint density at radius 3 is 2.76 bits per heavy atom. The van der Waals surface area contributed by atoms with Crippen LogP contribution in [0.15, 0.2) is 46.6 Å². The lowest BCUT2D eigenvalue weighted by Crippen LogP contribution is -2.39. The van der Waals surface area contributed by atoms with Crippen LogP contribution >= 0.6 is 11.3 Å². The van der Waals surface area contributed by atoms with Crippen LogP contribution in [0.25, 0.3) is 11.4 Å². The molecule has 0 bridgehead atoms. The Hall–Kier alpha value is -2.73. The zero-order valence-electron chi connectivity index (χ0n) is 13.8. The van der Waals surface area contributed by atoms with Gasteiger partial charge in [0.15, 0.2) is 0 Å². The van der Waals surface area contributed by atoms with Crippen molar-refractivity contribution in [2.45, 2.75) is 19.9 Å². The molecule has 4 rings (SSSR count). The summed E-state index contributed by atoms with van der Waals surface area (Å²) in [6, 6.07) is 11.6. The Kier molecular flexibility index (Phi) is 3.97. The molecule has 0 aliphatic carbocycles. The third-order valence-corrected chi connectivity index (χ3v) is 5.27. The fraction of sp³-hybridized carbons (Fsp3) is 0.211. The number of benzene rings is 1. The third kappa shape index (κ3) is 3.00. The maximum atomic E-state index is 12.5. The molecule has 25 heavy (non-hydrogen) atoms. The maximum absolute atomic E-state index is 12.5. The van der Waals surface area contributed by atoms with Gasteiger partial charge in [0.2, 0.25) is 0 Å². The van der Waals surface area contributed by atoms with Gasteiger partial charge >= 0.3 is 0 Å². The van der Waals surface area contributed by atoms with Crippen LogP contribution in [0.2, 0.25) is 0 Å². The van der Waals surface area contributed by atoms with Crippen molar-refractivity contribution in [2.24, 2.45) is 0 Å². The van der Waals surface area contributed by atoms with Crippen molar-refractivity contribution < 1.29 is 4.79 Å². The van der Waals surface area contributed by atoms with Gasteiger partial charge in [-0.2, -0.15) is 0 Å². The van der Waals surface area contributed by atoms with Gasteiger partial charge in [-0.25, -0.2) is 4.98 Å². The minimum Gasteiger partial charge on any atom is -0.333 e. The maximum Gasteiger partial charge on any atom is 0.264 e. The molecule has 126 valence electrons. The van der Waals surface area contributed by atoms with E-state index in [0.29, 0.717) is 35.8 Å². The standard InChI is InChI=1S/C19H17N3O2S/c1-12-4-6-13(7-5-12)17-20-15-8-9-22(11-14(15)18(23)21-17)19(24)16-3-2-10-25-16/h2-7,10H,8-9,11H2,1H3,(H,20,21,23). The van der Waals surface area contributed by atoms with Gasteiger partial charge in [0.05, 0.1) is 22.7 Å². The number of nitrogens with zero attached hydrogens (tertiary/aromatic N) is 2. The minimum atomic E-state index is -0.163. The molecule has 1 N–H and O–H groups in total. The average Bonchev–Trinajstić information content (AvgIpc) is 3.16. The van der Waals surface area contributed by atoms with Crippen LogP contribution in [0, 0.1) is 6.92 Å². The van der Waals surface area contributed by atoms with Gasteiger partial charge in [-0.15, -0.1) is 11.3 Å². The van der Waals surface area contributed by atoms with Gasteiger partial charge in [0.25, 0.3) is 11.5 Å². The van der Waals surface area contributed by atoms with Crippen LogP contribution < -0.4 is 5.56 Å². The van der Waals surface area contributed by atoms with Crippen molar-refractivity contribution in [1.82, 2.24) is 14.9 Å². The Morgan fingerprint density at radius 2 is 2.04 bits per heavy atom. The summed E-state index contributed by atoms with van der Waals surface area (Å²) < 4.78 is 0. The van der Waals surface area contributed by atoms with Crippen LogP contribution in [-0.4, -0.2) is 27.3 Å². The van der Waals surface area contributed by atoms with Crippen LogP contribution in [-0.2, 0) is 13.0 Å². The fourth-order valence-corrected chi connectivity index (χ4v) is 3.69. The quantitative estimate of drug-likeness (QED) is 0.772. The number of aryl methyl sites for hydroxylation is 1. The molecule has 0 saturated carbocycles. The molecule has 0 unspecified atom stereocenters. The number of carbonyl (C=O) groups excluding carboxylic acids is 1. The highest BCUT2D eigenvalue weighted by Gasteiger charge is 2.25. The molecule has 1 aliphatic rings. The van der Waals surface area contributed by atoms with Crippen molar-refractivity contribution in [3.05, 3.63) is 73.8 Å². The van der Waals surface area contributed by atoms with Crippen LogP contribution in [0.4, 0.5) is 0 Å². The number of thiophene rings is 1. The number of hydrogen-bond acceptors (Lipinski definition) is 4. The molecule has 1 aliphatic heterocycles. The summed E-state index contributed by atoms with van der Waals surface area (Å²) in [4.78, 5) is 35.0. The van der Waals surface area contributed by atoms with Crippen molar-refractivity contribution in [3.8, 4) is 11.4 Å². The third-order valence-electron chi connectivity index (χ3n) is 4.41. The first-order chi connectivity index (χ1) is 12.1. The Morgan fingerprint density at radius 1 is 1.24 bits per heavy atom. The first-order valence-electron chi connectivity index (χ1n) is 8.14. The SMILES string of the molecule is Cc1ccc(-c2nc3c(c(=O)[nH]2)CN(C(=O)c2cccs2)CC3)cc1. The van der Waals surface area contributed by atoms with E-state index >= 15 is 0 Å². The number of nitrogens with one attached hydrogen (secondary N) is 1. The molecular formula is C19H17N3O2S. The lowest BCUT2D eigenvalue weighted by atomic mass is 10.1. The van der Waals surface area contributed by atoms with E-state index < -0.39 is 0 Å².